The zero-order valence-corrected chi connectivity index (χ0v) is 12.8. The predicted molar refractivity (Wildman–Crippen MR) is 86.9 cm³/mol. The molecule has 0 saturated carbocycles. The summed E-state index contributed by atoms with van der Waals surface area (Å²) >= 11 is 7.19. The van der Waals surface area contributed by atoms with Crippen molar-refractivity contribution in [3.8, 4) is 0 Å². The van der Waals surface area contributed by atoms with E-state index < -0.39 is 0 Å². The SMILES string of the molecule is O=C(CSc1ccc(Cl)cc1)CC(=O)Nc1ccccc1. The zero-order chi connectivity index (χ0) is 15.1. The Morgan fingerprint density at radius 2 is 1.67 bits per heavy atom. The molecule has 0 saturated heterocycles. The molecule has 0 heterocycles. The Hall–Kier alpha value is -1.78. The molecule has 0 aromatic heterocycles. The monoisotopic (exact) mass is 319 g/mol. The van der Waals surface area contributed by atoms with E-state index in [1.54, 1.807) is 24.3 Å². The Bertz CT molecular complexity index is 614. The van der Waals surface area contributed by atoms with E-state index in [1.165, 1.54) is 11.8 Å². The van der Waals surface area contributed by atoms with Crippen LogP contribution in [0.4, 0.5) is 5.69 Å². The number of carbonyl (C=O) groups is 2. The first-order valence-electron chi connectivity index (χ1n) is 6.38. The standard InChI is InChI=1S/C16H14ClNO2S/c17-12-6-8-15(9-7-12)21-11-14(19)10-16(20)18-13-4-2-1-3-5-13/h1-9H,10-11H2,(H,18,20). The Morgan fingerprint density at radius 3 is 2.33 bits per heavy atom. The minimum absolute atomic E-state index is 0.108. The third-order valence-electron chi connectivity index (χ3n) is 2.63. The first-order chi connectivity index (χ1) is 10.1. The van der Waals surface area contributed by atoms with Crippen molar-refractivity contribution in [2.45, 2.75) is 11.3 Å². The molecular weight excluding hydrogens is 306 g/mol. The summed E-state index contributed by atoms with van der Waals surface area (Å²) in [6.07, 6.45) is -0.116. The number of rotatable bonds is 6. The molecule has 5 heteroatoms. The molecule has 0 bridgehead atoms. The molecule has 3 nitrogen and oxygen atoms in total. The fourth-order valence-corrected chi connectivity index (χ4v) is 2.54. The Kier molecular flexibility index (Phi) is 5.84. The Balaban J connectivity index is 1.76. The Morgan fingerprint density at radius 1 is 1.00 bits per heavy atom. The van der Waals surface area contributed by atoms with Crippen LogP contribution in [0.3, 0.4) is 0 Å². The van der Waals surface area contributed by atoms with Gasteiger partial charge in [0.05, 0.1) is 12.2 Å². The first-order valence-corrected chi connectivity index (χ1v) is 7.75. The highest BCUT2D eigenvalue weighted by Crippen LogP contribution is 2.20. The van der Waals surface area contributed by atoms with Crippen LogP contribution >= 0.6 is 23.4 Å². The van der Waals surface area contributed by atoms with Crippen LogP contribution in [0.1, 0.15) is 6.42 Å². The zero-order valence-electron chi connectivity index (χ0n) is 11.2. The van der Waals surface area contributed by atoms with E-state index in [4.69, 9.17) is 11.6 Å². The number of hydrogen-bond donors (Lipinski definition) is 1. The van der Waals surface area contributed by atoms with Crippen LogP contribution < -0.4 is 5.32 Å². The third-order valence-corrected chi connectivity index (χ3v) is 3.95. The lowest BCUT2D eigenvalue weighted by molar-refractivity contribution is -0.123. The van der Waals surface area contributed by atoms with Gasteiger partial charge >= 0.3 is 0 Å². The molecule has 2 rings (SSSR count). The van der Waals surface area contributed by atoms with Gasteiger partial charge in [0.2, 0.25) is 5.91 Å². The van der Waals surface area contributed by atoms with Crippen molar-refractivity contribution >= 4 is 40.7 Å². The number of Topliss-reactive ketones (excluding diaryl/α,β-unsaturated/α-hetero) is 1. The van der Waals surface area contributed by atoms with Crippen molar-refractivity contribution < 1.29 is 9.59 Å². The van der Waals surface area contributed by atoms with E-state index >= 15 is 0 Å². The van der Waals surface area contributed by atoms with E-state index in [0.717, 1.165) is 4.90 Å². The van der Waals surface area contributed by atoms with Gasteiger partial charge in [-0.15, -0.1) is 11.8 Å². The highest BCUT2D eigenvalue weighted by Gasteiger charge is 2.10. The van der Waals surface area contributed by atoms with Crippen molar-refractivity contribution in [2.24, 2.45) is 0 Å². The summed E-state index contributed by atoms with van der Waals surface area (Å²) in [7, 11) is 0. The molecule has 0 aliphatic carbocycles. The van der Waals surface area contributed by atoms with Gasteiger partial charge in [-0.2, -0.15) is 0 Å². The largest absolute Gasteiger partial charge is 0.326 e. The van der Waals surface area contributed by atoms with Crippen LogP contribution in [0.2, 0.25) is 5.02 Å². The summed E-state index contributed by atoms with van der Waals surface area (Å²) < 4.78 is 0. The smallest absolute Gasteiger partial charge is 0.231 e. The lowest BCUT2D eigenvalue weighted by atomic mass is 10.2. The number of benzene rings is 2. The lowest BCUT2D eigenvalue weighted by Crippen LogP contribution is -2.17. The second-order valence-electron chi connectivity index (χ2n) is 4.37. The number of hydrogen-bond acceptors (Lipinski definition) is 3. The van der Waals surface area contributed by atoms with E-state index in [9.17, 15) is 9.59 Å². The molecule has 0 aliphatic heterocycles. The van der Waals surface area contributed by atoms with Gasteiger partial charge in [0, 0.05) is 15.6 Å². The number of carbonyl (C=O) groups excluding carboxylic acids is 2. The van der Waals surface area contributed by atoms with Crippen LogP contribution in [0.5, 0.6) is 0 Å². The first kappa shape index (κ1) is 15.6. The van der Waals surface area contributed by atoms with Gasteiger partial charge in [0.15, 0.2) is 5.78 Å². The maximum absolute atomic E-state index is 11.8. The minimum atomic E-state index is -0.289. The lowest BCUT2D eigenvalue weighted by Gasteiger charge is -2.04. The topological polar surface area (TPSA) is 46.2 Å². The maximum atomic E-state index is 11.8. The molecule has 0 radical (unpaired) electrons. The number of para-hydroxylation sites is 1. The van der Waals surface area contributed by atoms with Crippen molar-refractivity contribution in [3.05, 3.63) is 59.6 Å². The summed E-state index contributed by atoms with van der Waals surface area (Å²) in [5.41, 5.74) is 0.695. The fraction of sp³-hybridized carbons (Fsp3) is 0.125. The van der Waals surface area contributed by atoms with Crippen LogP contribution in [0.25, 0.3) is 0 Å². The number of halogens is 1. The average Bonchev–Trinajstić information content (AvgIpc) is 2.47. The fourth-order valence-electron chi connectivity index (χ4n) is 1.65. The molecule has 0 spiro atoms. The van der Waals surface area contributed by atoms with E-state index in [1.807, 2.05) is 30.3 Å². The van der Waals surface area contributed by atoms with Crippen molar-refractivity contribution in [2.75, 3.05) is 11.1 Å². The van der Waals surface area contributed by atoms with Gasteiger partial charge in [-0.25, -0.2) is 0 Å². The molecular formula is C16H14ClNO2S. The Labute approximate surface area is 132 Å². The van der Waals surface area contributed by atoms with Gasteiger partial charge in [0.1, 0.15) is 0 Å². The molecule has 108 valence electrons. The predicted octanol–water partition coefficient (Wildman–Crippen LogP) is 4.03. The van der Waals surface area contributed by atoms with E-state index in [2.05, 4.69) is 5.32 Å². The molecule has 2 aromatic rings. The molecule has 0 unspecified atom stereocenters. The summed E-state index contributed by atoms with van der Waals surface area (Å²) in [4.78, 5) is 24.5. The van der Waals surface area contributed by atoms with Crippen molar-refractivity contribution in [1.29, 1.82) is 0 Å². The molecule has 0 fully saturated rings. The summed E-state index contributed by atoms with van der Waals surface area (Å²) in [6, 6.07) is 16.3. The third kappa shape index (κ3) is 5.61. The number of anilines is 1. The number of nitrogens with one attached hydrogen (secondary N) is 1. The number of thioether (sulfide) groups is 1. The van der Waals surface area contributed by atoms with Gasteiger partial charge in [-0.3, -0.25) is 9.59 Å². The van der Waals surface area contributed by atoms with Crippen LogP contribution in [0.15, 0.2) is 59.5 Å². The number of amides is 1. The normalized spacial score (nSPS) is 10.1. The van der Waals surface area contributed by atoms with Gasteiger partial charge in [0.25, 0.3) is 0 Å². The van der Waals surface area contributed by atoms with Crippen molar-refractivity contribution in [1.82, 2.24) is 0 Å². The van der Waals surface area contributed by atoms with Gasteiger partial charge in [-0.05, 0) is 36.4 Å². The van der Waals surface area contributed by atoms with Crippen LogP contribution in [-0.4, -0.2) is 17.4 Å². The summed E-state index contributed by atoms with van der Waals surface area (Å²) in [5, 5.41) is 3.35. The van der Waals surface area contributed by atoms with E-state index in [-0.39, 0.29) is 23.9 Å². The molecule has 1 amide bonds. The summed E-state index contributed by atoms with van der Waals surface area (Å²) in [6.45, 7) is 0. The molecule has 2 aromatic carbocycles. The highest BCUT2D eigenvalue weighted by molar-refractivity contribution is 8.00. The molecule has 0 aliphatic rings. The van der Waals surface area contributed by atoms with E-state index in [0.29, 0.717) is 10.7 Å². The molecule has 1 N–H and O–H groups in total. The van der Waals surface area contributed by atoms with Gasteiger partial charge < -0.3 is 5.32 Å². The molecule has 0 atom stereocenters. The number of ketones is 1. The van der Waals surface area contributed by atoms with Crippen molar-refractivity contribution in [3.63, 3.8) is 0 Å². The second kappa shape index (κ2) is 7.86. The summed E-state index contributed by atoms with van der Waals surface area (Å²) in [5.74, 6) is -0.129. The maximum Gasteiger partial charge on any atom is 0.231 e. The van der Waals surface area contributed by atoms with Crippen LogP contribution in [-0.2, 0) is 9.59 Å². The quantitative estimate of drug-likeness (QED) is 0.646. The second-order valence-corrected chi connectivity index (χ2v) is 5.86. The minimum Gasteiger partial charge on any atom is -0.326 e. The van der Waals surface area contributed by atoms with Gasteiger partial charge in [-0.1, -0.05) is 29.8 Å². The average molecular weight is 320 g/mol. The highest BCUT2D eigenvalue weighted by atomic mass is 35.5. The van der Waals surface area contributed by atoms with Crippen LogP contribution in [0, 0.1) is 0 Å². The molecule has 21 heavy (non-hydrogen) atoms.